The Hall–Kier alpha value is -3.16. The van der Waals surface area contributed by atoms with Crippen LogP contribution in [0.3, 0.4) is 0 Å². The molecule has 0 spiro atoms. The van der Waals surface area contributed by atoms with Crippen LogP contribution in [0, 0.1) is 0 Å². The molecule has 1 saturated heterocycles. The van der Waals surface area contributed by atoms with E-state index < -0.39 is 11.9 Å². The van der Waals surface area contributed by atoms with Gasteiger partial charge in [0.05, 0.1) is 6.20 Å². The fourth-order valence-electron chi connectivity index (χ4n) is 3.70. The zero-order valence-corrected chi connectivity index (χ0v) is 17.0. The molecule has 30 heavy (non-hydrogen) atoms. The van der Waals surface area contributed by atoms with Crippen molar-refractivity contribution in [3.05, 3.63) is 77.3 Å². The number of carbonyl (C=O) groups is 2. The Morgan fingerprint density at radius 2 is 1.67 bits per heavy atom. The number of benzene rings is 2. The smallest absolute Gasteiger partial charge is 0.253 e. The molecule has 0 saturated carbocycles. The Bertz CT molecular complexity index is 1010. The minimum atomic E-state index is -0.541. The van der Waals surface area contributed by atoms with Gasteiger partial charge in [0.25, 0.3) is 5.91 Å². The lowest BCUT2D eigenvalue weighted by Gasteiger charge is -2.38. The van der Waals surface area contributed by atoms with Crippen LogP contribution in [0.4, 0.5) is 0 Å². The Labute approximate surface area is 179 Å². The average molecular weight is 425 g/mol. The van der Waals surface area contributed by atoms with Gasteiger partial charge in [-0.05, 0) is 29.8 Å². The molecule has 8 heteroatoms. The van der Waals surface area contributed by atoms with Crippen molar-refractivity contribution in [3.8, 4) is 11.3 Å². The van der Waals surface area contributed by atoms with Gasteiger partial charge < -0.3 is 15.1 Å². The summed E-state index contributed by atoms with van der Waals surface area (Å²) in [4.78, 5) is 32.7. The molecule has 2 amide bonds. The summed E-state index contributed by atoms with van der Waals surface area (Å²) in [5.41, 5.74) is 7.94. The van der Waals surface area contributed by atoms with Crippen LogP contribution in [-0.2, 0) is 4.79 Å². The number of carbonyl (C=O) groups excluding carboxylic acids is 2. The first kappa shape index (κ1) is 20.1. The molecule has 0 radical (unpaired) electrons. The molecule has 1 aliphatic heterocycles. The highest BCUT2D eigenvalue weighted by atomic mass is 35.5. The van der Waals surface area contributed by atoms with Crippen LogP contribution in [0.5, 0.6) is 0 Å². The highest BCUT2D eigenvalue weighted by Gasteiger charge is 2.30. The van der Waals surface area contributed by atoms with E-state index >= 15 is 0 Å². The molecule has 0 bridgehead atoms. The minimum absolute atomic E-state index is 0.0408. The minimum Gasteiger partial charge on any atom is -0.444 e. The van der Waals surface area contributed by atoms with Crippen LogP contribution < -0.4 is 5.73 Å². The number of rotatable bonds is 5. The molecule has 1 aliphatic rings. The lowest BCUT2D eigenvalue weighted by molar-refractivity contribution is -0.124. The predicted molar refractivity (Wildman–Crippen MR) is 113 cm³/mol. The van der Waals surface area contributed by atoms with Gasteiger partial charge in [0.2, 0.25) is 5.91 Å². The quantitative estimate of drug-likeness (QED) is 0.679. The fraction of sp³-hybridized carbons (Fsp3) is 0.227. The van der Waals surface area contributed by atoms with Crippen LogP contribution in [0.15, 0.2) is 65.5 Å². The van der Waals surface area contributed by atoms with Gasteiger partial charge in [-0.2, -0.15) is 0 Å². The normalized spacial score (nSPS) is 15.7. The van der Waals surface area contributed by atoms with E-state index in [1.54, 1.807) is 35.4 Å². The van der Waals surface area contributed by atoms with E-state index in [2.05, 4.69) is 4.98 Å². The molecule has 1 atom stereocenters. The van der Waals surface area contributed by atoms with Crippen molar-refractivity contribution >= 4 is 23.4 Å². The average Bonchev–Trinajstić information content (AvgIpc) is 3.30. The molecule has 1 fully saturated rings. The number of amides is 2. The van der Waals surface area contributed by atoms with Gasteiger partial charge in [0.1, 0.15) is 6.04 Å². The number of aromatic nitrogens is 1. The fourth-order valence-corrected chi connectivity index (χ4v) is 3.83. The van der Waals surface area contributed by atoms with Crippen LogP contribution in [0.2, 0.25) is 5.02 Å². The van der Waals surface area contributed by atoms with E-state index in [4.69, 9.17) is 21.8 Å². The van der Waals surface area contributed by atoms with Gasteiger partial charge in [-0.25, -0.2) is 4.98 Å². The third-order valence-electron chi connectivity index (χ3n) is 5.27. The van der Waals surface area contributed by atoms with Crippen LogP contribution >= 0.6 is 11.6 Å². The van der Waals surface area contributed by atoms with Crippen molar-refractivity contribution in [2.45, 2.75) is 6.04 Å². The van der Waals surface area contributed by atoms with E-state index in [1.807, 2.05) is 29.2 Å². The standard InChI is InChI=1S/C22H21ClN4O3/c23-18-7-5-16(6-8-18)20(21(24)28)26-9-11-27(12-10-26)22(29)17-3-1-15(2-4-17)19-13-25-14-30-19/h1-8,13-14,20H,9-12H2,(H2,24,28). The number of halogens is 1. The number of primary amides is 1. The summed E-state index contributed by atoms with van der Waals surface area (Å²) in [7, 11) is 0. The van der Waals surface area contributed by atoms with Crippen molar-refractivity contribution in [2.24, 2.45) is 5.73 Å². The SMILES string of the molecule is NC(=O)C(c1ccc(Cl)cc1)N1CCN(C(=O)c2ccc(-c3cnco3)cc2)CC1. The highest BCUT2D eigenvalue weighted by Crippen LogP contribution is 2.25. The molecule has 154 valence electrons. The second kappa shape index (κ2) is 8.69. The summed E-state index contributed by atoms with van der Waals surface area (Å²) in [5.74, 6) is 0.197. The van der Waals surface area contributed by atoms with Crippen LogP contribution in [0.1, 0.15) is 22.0 Å². The zero-order valence-electron chi connectivity index (χ0n) is 16.2. The Kier molecular flexibility index (Phi) is 5.83. The maximum absolute atomic E-state index is 12.9. The summed E-state index contributed by atoms with van der Waals surface area (Å²) >= 11 is 5.95. The van der Waals surface area contributed by atoms with Gasteiger partial charge in [-0.3, -0.25) is 14.5 Å². The first-order valence-electron chi connectivity index (χ1n) is 9.60. The number of nitrogens with zero attached hydrogens (tertiary/aromatic N) is 3. The first-order valence-corrected chi connectivity index (χ1v) is 9.98. The summed E-state index contributed by atoms with van der Waals surface area (Å²) in [5, 5.41) is 0.603. The number of hydrogen-bond donors (Lipinski definition) is 1. The zero-order chi connectivity index (χ0) is 21.1. The van der Waals surface area contributed by atoms with Crippen molar-refractivity contribution in [1.29, 1.82) is 0 Å². The van der Waals surface area contributed by atoms with Gasteiger partial charge in [0, 0.05) is 42.3 Å². The third kappa shape index (κ3) is 4.22. The number of hydrogen-bond acceptors (Lipinski definition) is 5. The Morgan fingerprint density at radius 3 is 2.23 bits per heavy atom. The second-order valence-corrected chi connectivity index (χ2v) is 7.56. The largest absolute Gasteiger partial charge is 0.444 e. The predicted octanol–water partition coefficient (Wildman–Crippen LogP) is 2.98. The molecule has 1 unspecified atom stereocenters. The van der Waals surface area contributed by atoms with Crippen LogP contribution in [-0.4, -0.2) is 52.8 Å². The van der Waals surface area contributed by atoms with Gasteiger partial charge >= 0.3 is 0 Å². The Balaban J connectivity index is 1.41. The summed E-state index contributed by atoms with van der Waals surface area (Å²) in [6.45, 7) is 2.14. The van der Waals surface area contributed by atoms with Crippen molar-refractivity contribution in [2.75, 3.05) is 26.2 Å². The van der Waals surface area contributed by atoms with Crippen LogP contribution in [0.25, 0.3) is 11.3 Å². The molecule has 2 N–H and O–H groups in total. The molecule has 1 aromatic heterocycles. The van der Waals surface area contributed by atoms with Crippen molar-refractivity contribution in [1.82, 2.24) is 14.8 Å². The summed E-state index contributed by atoms with van der Waals surface area (Å²) in [6, 6.07) is 13.8. The van der Waals surface area contributed by atoms with E-state index in [0.717, 1.165) is 11.1 Å². The molecular formula is C22H21ClN4O3. The third-order valence-corrected chi connectivity index (χ3v) is 5.52. The summed E-state index contributed by atoms with van der Waals surface area (Å²) in [6.07, 6.45) is 3.00. The van der Waals surface area contributed by atoms with Gasteiger partial charge in [-0.15, -0.1) is 0 Å². The lowest BCUT2D eigenvalue weighted by atomic mass is 10.0. The molecular weight excluding hydrogens is 404 g/mol. The highest BCUT2D eigenvalue weighted by molar-refractivity contribution is 6.30. The molecule has 3 aromatic rings. The van der Waals surface area contributed by atoms with E-state index in [1.165, 1.54) is 6.39 Å². The van der Waals surface area contributed by atoms with Gasteiger partial charge in [0.15, 0.2) is 12.2 Å². The van der Waals surface area contributed by atoms with Gasteiger partial charge in [-0.1, -0.05) is 35.9 Å². The number of nitrogens with two attached hydrogens (primary N) is 1. The molecule has 2 heterocycles. The molecule has 2 aromatic carbocycles. The second-order valence-electron chi connectivity index (χ2n) is 7.13. The molecule has 4 rings (SSSR count). The Morgan fingerprint density at radius 1 is 1.00 bits per heavy atom. The maximum Gasteiger partial charge on any atom is 0.253 e. The van der Waals surface area contributed by atoms with Crippen molar-refractivity contribution in [3.63, 3.8) is 0 Å². The maximum atomic E-state index is 12.9. The lowest BCUT2D eigenvalue weighted by Crippen LogP contribution is -2.51. The van der Waals surface area contributed by atoms with E-state index in [9.17, 15) is 9.59 Å². The monoisotopic (exact) mass is 424 g/mol. The van der Waals surface area contributed by atoms with E-state index in [-0.39, 0.29) is 5.91 Å². The first-order chi connectivity index (χ1) is 14.5. The molecule has 7 nitrogen and oxygen atoms in total. The molecule has 0 aliphatic carbocycles. The van der Waals surface area contributed by atoms with E-state index in [0.29, 0.717) is 42.5 Å². The topological polar surface area (TPSA) is 92.7 Å². The van der Waals surface area contributed by atoms with Crippen molar-refractivity contribution < 1.29 is 14.0 Å². The number of piperazine rings is 1. The number of oxazole rings is 1. The summed E-state index contributed by atoms with van der Waals surface area (Å²) < 4.78 is 5.28.